The van der Waals surface area contributed by atoms with Crippen LogP contribution >= 0.6 is 27.7 Å². The molecule has 1 amide bonds. The molecular formula is C17H26BrN2OS+. The van der Waals surface area contributed by atoms with Gasteiger partial charge in [-0.25, -0.2) is 0 Å². The lowest BCUT2D eigenvalue weighted by Crippen LogP contribution is -3.13. The van der Waals surface area contributed by atoms with Gasteiger partial charge in [0, 0.05) is 28.3 Å². The van der Waals surface area contributed by atoms with E-state index in [-0.39, 0.29) is 5.91 Å². The van der Waals surface area contributed by atoms with E-state index in [1.165, 1.54) is 36.5 Å². The van der Waals surface area contributed by atoms with E-state index < -0.39 is 0 Å². The summed E-state index contributed by atoms with van der Waals surface area (Å²) in [6.07, 6.45) is 3.47. The third kappa shape index (κ3) is 5.60. The molecule has 0 aromatic heterocycles. The Balaban J connectivity index is 1.72. The molecule has 0 spiro atoms. The maximum Gasteiger partial charge on any atom is 0.230 e. The number of hydrogen-bond donors (Lipinski definition) is 2. The Morgan fingerprint density at radius 3 is 2.77 bits per heavy atom. The lowest BCUT2D eigenvalue weighted by Gasteiger charge is -2.29. The van der Waals surface area contributed by atoms with Crippen molar-refractivity contribution in [3.63, 3.8) is 0 Å². The average molecular weight is 386 g/mol. The molecule has 122 valence electrons. The van der Waals surface area contributed by atoms with E-state index in [1.807, 2.05) is 6.07 Å². The number of aryl methyl sites for hydroxylation is 1. The second-order valence-electron chi connectivity index (χ2n) is 6.04. The zero-order valence-corrected chi connectivity index (χ0v) is 15.9. The minimum Gasteiger partial charge on any atom is -0.352 e. The number of likely N-dealkylation sites (tertiary alicyclic amines) is 1. The van der Waals surface area contributed by atoms with E-state index in [2.05, 4.69) is 47.2 Å². The van der Waals surface area contributed by atoms with Gasteiger partial charge in [0.2, 0.25) is 5.91 Å². The van der Waals surface area contributed by atoms with Crippen LogP contribution in [0, 0.1) is 6.92 Å². The summed E-state index contributed by atoms with van der Waals surface area (Å²) in [7, 11) is 0. The molecule has 0 unspecified atom stereocenters. The van der Waals surface area contributed by atoms with Crippen molar-refractivity contribution in [3.05, 3.63) is 28.2 Å². The Morgan fingerprint density at radius 2 is 2.14 bits per heavy atom. The van der Waals surface area contributed by atoms with E-state index in [9.17, 15) is 4.79 Å². The summed E-state index contributed by atoms with van der Waals surface area (Å²) in [5.41, 5.74) is 1.21. The highest BCUT2D eigenvalue weighted by atomic mass is 79.9. The van der Waals surface area contributed by atoms with Crippen LogP contribution in [0.2, 0.25) is 0 Å². The number of amides is 1. The molecule has 0 saturated carbocycles. The molecular weight excluding hydrogens is 360 g/mol. The molecule has 1 saturated heterocycles. The van der Waals surface area contributed by atoms with Crippen LogP contribution < -0.4 is 10.2 Å². The SMILES string of the molecule is CCC[NH+]1CCC(NC(=O)CSc2ccc(Br)cc2C)CC1. The molecule has 1 aromatic carbocycles. The standard InChI is InChI=1S/C17H25BrN2OS/c1-3-8-20-9-6-15(7-10-20)19-17(21)12-22-16-5-4-14(18)11-13(16)2/h4-5,11,15H,3,6-10,12H2,1-2H3,(H,19,21)/p+1. The minimum absolute atomic E-state index is 0.163. The predicted octanol–water partition coefficient (Wildman–Crippen LogP) is 2.42. The first-order valence-corrected chi connectivity index (χ1v) is 9.88. The van der Waals surface area contributed by atoms with Crippen LogP contribution in [-0.2, 0) is 4.79 Å². The third-order valence-corrected chi connectivity index (χ3v) is 5.83. The quantitative estimate of drug-likeness (QED) is 0.737. The Labute approximate surface area is 146 Å². The number of nitrogens with one attached hydrogen (secondary N) is 2. The third-order valence-electron chi connectivity index (χ3n) is 4.16. The van der Waals surface area contributed by atoms with Gasteiger partial charge in [-0.1, -0.05) is 22.9 Å². The van der Waals surface area contributed by atoms with Gasteiger partial charge >= 0.3 is 0 Å². The molecule has 1 aromatic rings. The zero-order valence-electron chi connectivity index (χ0n) is 13.5. The van der Waals surface area contributed by atoms with Crippen LogP contribution in [0.3, 0.4) is 0 Å². The molecule has 5 heteroatoms. The predicted molar refractivity (Wildman–Crippen MR) is 96.6 cm³/mol. The molecule has 3 nitrogen and oxygen atoms in total. The van der Waals surface area contributed by atoms with Crippen molar-refractivity contribution in [2.75, 3.05) is 25.4 Å². The van der Waals surface area contributed by atoms with E-state index in [1.54, 1.807) is 16.7 Å². The first-order valence-electron chi connectivity index (χ1n) is 8.10. The van der Waals surface area contributed by atoms with E-state index in [0.717, 1.165) is 17.3 Å². The van der Waals surface area contributed by atoms with Gasteiger partial charge in [0.1, 0.15) is 0 Å². The molecule has 1 heterocycles. The highest BCUT2D eigenvalue weighted by Crippen LogP contribution is 2.25. The molecule has 1 fully saturated rings. The van der Waals surface area contributed by atoms with E-state index in [4.69, 9.17) is 0 Å². The fraction of sp³-hybridized carbons (Fsp3) is 0.588. The number of carbonyl (C=O) groups excluding carboxylic acids is 1. The number of carbonyl (C=O) groups is 1. The maximum absolute atomic E-state index is 12.1. The Hall–Kier alpha value is -0.520. The van der Waals surface area contributed by atoms with Crippen molar-refractivity contribution in [2.45, 2.75) is 44.0 Å². The second kappa shape index (κ2) is 8.94. The van der Waals surface area contributed by atoms with Gasteiger partial charge in [-0.05, 0) is 37.1 Å². The highest BCUT2D eigenvalue weighted by Gasteiger charge is 2.22. The van der Waals surface area contributed by atoms with Crippen LogP contribution in [-0.4, -0.2) is 37.3 Å². The van der Waals surface area contributed by atoms with Gasteiger partial charge in [-0.3, -0.25) is 4.79 Å². The summed E-state index contributed by atoms with van der Waals surface area (Å²) in [5, 5.41) is 3.20. The molecule has 2 rings (SSSR count). The summed E-state index contributed by atoms with van der Waals surface area (Å²) < 4.78 is 1.08. The number of hydrogen-bond acceptors (Lipinski definition) is 2. The Bertz CT molecular complexity index is 501. The van der Waals surface area contributed by atoms with Gasteiger partial charge in [0.25, 0.3) is 0 Å². The van der Waals surface area contributed by atoms with Crippen LogP contribution in [0.15, 0.2) is 27.6 Å². The average Bonchev–Trinajstić information content (AvgIpc) is 2.49. The first-order chi connectivity index (χ1) is 10.6. The first kappa shape index (κ1) is 17.8. The van der Waals surface area contributed by atoms with Crippen LogP contribution in [0.4, 0.5) is 0 Å². The smallest absolute Gasteiger partial charge is 0.230 e. The molecule has 1 aliphatic heterocycles. The lowest BCUT2D eigenvalue weighted by atomic mass is 10.1. The second-order valence-corrected chi connectivity index (χ2v) is 7.97. The molecule has 22 heavy (non-hydrogen) atoms. The van der Waals surface area contributed by atoms with Crippen molar-refractivity contribution < 1.29 is 9.69 Å². The van der Waals surface area contributed by atoms with E-state index >= 15 is 0 Å². The van der Waals surface area contributed by atoms with Crippen molar-refractivity contribution in [1.29, 1.82) is 0 Å². The van der Waals surface area contributed by atoms with Crippen molar-refractivity contribution in [3.8, 4) is 0 Å². The lowest BCUT2D eigenvalue weighted by molar-refractivity contribution is -0.905. The van der Waals surface area contributed by atoms with Crippen LogP contribution in [0.5, 0.6) is 0 Å². The van der Waals surface area contributed by atoms with E-state index in [0.29, 0.717) is 11.8 Å². The summed E-state index contributed by atoms with van der Waals surface area (Å²) in [6, 6.07) is 6.57. The molecule has 1 aliphatic rings. The number of piperidine rings is 1. The molecule has 0 bridgehead atoms. The molecule has 0 atom stereocenters. The highest BCUT2D eigenvalue weighted by molar-refractivity contribution is 9.10. The van der Waals surface area contributed by atoms with Crippen LogP contribution in [0.25, 0.3) is 0 Å². The number of rotatable bonds is 6. The normalized spacial score (nSPS) is 21.6. The van der Waals surface area contributed by atoms with Gasteiger partial charge in [-0.2, -0.15) is 0 Å². The number of benzene rings is 1. The Morgan fingerprint density at radius 1 is 1.41 bits per heavy atom. The summed E-state index contributed by atoms with van der Waals surface area (Å²) >= 11 is 5.09. The summed E-state index contributed by atoms with van der Waals surface area (Å²) in [4.78, 5) is 15.0. The number of halogens is 1. The van der Waals surface area contributed by atoms with Crippen molar-refractivity contribution >= 4 is 33.6 Å². The van der Waals surface area contributed by atoms with Gasteiger partial charge in [-0.15, -0.1) is 11.8 Å². The fourth-order valence-corrected chi connectivity index (χ4v) is 4.26. The van der Waals surface area contributed by atoms with Gasteiger partial charge in [0.15, 0.2) is 0 Å². The van der Waals surface area contributed by atoms with Crippen LogP contribution in [0.1, 0.15) is 31.7 Å². The van der Waals surface area contributed by atoms with Crippen molar-refractivity contribution in [2.24, 2.45) is 0 Å². The topological polar surface area (TPSA) is 33.5 Å². The fourth-order valence-electron chi connectivity index (χ4n) is 2.96. The number of quaternary nitrogens is 1. The summed E-state index contributed by atoms with van der Waals surface area (Å²) in [5.74, 6) is 0.668. The summed E-state index contributed by atoms with van der Waals surface area (Å²) in [6.45, 7) is 7.97. The number of thioether (sulfide) groups is 1. The van der Waals surface area contributed by atoms with Gasteiger partial charge in [0.05, 0.1) is 25.4 Å². The largest absolute Gasteiger partial charge is 0.352 e. The molecule has 0 aliphatic carbocycles. The maximum atomic E-state index is 12.1. The minimum atomic E-state index is 0.163. The van der Waals surface area contributed by atoms with Gasteiger partial charge < -0.3 is 10.2 Å². The van der Waals surface area contributed by atoms with Crippen molar-refractivity contribution in [1.82, 2.24) is 5.32 Å². The molecule has 0 radical (unpaired) electrons. The molecule has 2 N–H and O–H groups in total. The zero-order chi connectivity index (χ0) is 15.9. The monoisotopic (exact) mass is 385 g/mol. The Kier molecular flexibility index (Phi) is 7.25.